The van der Waals surface area contributed by atoms with E-state index in [1.165, 1.54) is 23.9 Å². The number of nitro benzene ring substituents is 1. The van der Waals surface area contributed by atoms with E-state index in [0.717, 1.165) is 20.9 Å². The van der Waals surface area contributed by atoms with Crippen molar-refractivity contribution in [2.45, 2.75) is 9.79 Å². The topological polar surface area (TPSA) is 101 Å². The summed E-state index contributed by atoms with van der Waals surface area (Å²) in [5.41, 5.74) is 1.55. The molecule has 0 spiro atoms. The molecular formula is C22H17N3O5S. The third-order valence-electron chi connectivity index (χ3n) is 4.46. The second kappa shape index (κ2) is 8.88. The van der Waals surface area contributed by atoms with Crippen LogP contribution in [0.25, 0.3) is 22.8 Å². The van der Waals surface area contributed by atoms with Crippen LogP contribution in [0.2, 0.25) is 0 Å². The van der Waals surface area contributed by atoms with Crippen LogP contribution in [0.3, 0.4) is 0 Å². The minimum absolute atomic E-state index is 0.0501. The number of rotatable bonds is 7. The van der Waals surface area contributed by atoms with Gasteiger partial charge in [-0.1, -0.05) is 29.1 Å². The van der Waals surface area contributed by atoms with Gasteiger partial charge in [0, 0.05) is 27.5 Å². The molecule has 31 heavy (non-hydrogen) atoms. The normalized spacial score (nSPS) is 10.6. The Hall–Kier alpha value is -3.85. The molecule has 8 nitrogen and oxygen atoms in total. The first-order valence-electron chi connectivity index (χ1n) is 9.17. The number of non-ortho nitro benzene ring substituents is 1. The summed E-state index contributed by atoms with van der Waals surface area (Å²) in [5, 5.41) is 15.0. The van der Waals surface area contributed by atoms with Gasteiger partial charge < -0.3 is 14.0 Å². The molecule has 3 aromatic carbocycles. The standard InChI is InChI=1S/C22H17N3O5S/c1-28-18-12-7-14(13-19(18)29-2)21-23-22(30-24-21)17-5-3-4-6-20(17)31-16-10-8-15(9-11-16)25(26)27/h3-13H,1-2H3. The van der Waals surface area contributed by atoms with Crippen LogP contribution < -0.4 is 9.47 Å². The summed E-state index contributed by atoms with van der Waals surface area (Å²) in [6.07, 6.45) is 0. The summed E-state index contributed by atoms with van der Waals surface area (Å²) in [6.45, 7) is 0. The van der Waals surface area contributed by atoms with Gasteiger partial charge in [0.15, 0.2) is 11.5 Å². The van der Waals surface area contributed by atoms with E-state index in [1.807, 2.05) is 30.3 Å². The van der Waals surface area contributed by atoms with Gasteiger partial charge in [-0.25, -0.2) is 0 Å². The van der Waals surface area contributed by atoms with Gasteiger partial charge in [0.2, 0.25) is 5.82 Å². The molecule has 9 heteroatoms. The molecule has 4 rings (SSSR count). The van der Waals surface area contributed by atoms with Gasteiger partial charge in [-0.2, -0.15) is 4.98 Å². The van der Waals surface area contributed by atoms with Gasteiger partial charge in [-0.05, 0) is 42.5 Å². The summed E-state index contributed by atoms with van der Waals surface area (Å²) in [5.74, 6) is 1.97. The van der Waals surface area contributed by atoms with Crippen LogP contribution in [0.5, 0.6) is 11.5 Å². The summed E-state index contributed by atoms with van der Waals surface area (Å²) in [7, 11) is 3.14. The number of methoxy groups -OCH3 is 2. The van der Waals surface area contributed by atoms with Crippen molar-refractivity contribution in [3.8, 4) is 34.3 Å². The molecule has 0 fully saturated rings. The number of hydrogen-bond donors (Lipinski definition) is 0. The van der Waals surface area contributed by atoms with Gasteiger partial charge in [0.1, 0.15) is 0 Å². The molecular weight excluding hydrogens is 418 g/mol. The van der Waals surface area contributed by atoms with Crippen LogP contribution >= 0.6 is 11.8 Å². The van der Waals surface area contributed by atoms with Crippen LogP contribution in [-0.2, 0) is 0 Å². The van der Waals surface area contributed by atoms with Crippen molar-refractivity contribution in [1.29, 1.82) is 0 Å². The lowest BCUT2D eigenvalue weighted by Crippen LogP contribution is -1.91. The molecule has 0 aliphatic heterocycles. The van der Waals surface area contributed by atoms with Crippen molar-refractivity contribution in [3.63, 3.8) is 0 Å². The van der Waals surface area contributed by atoms with Crippen molar-refractivity contribution < 1.29 is 18.9 Å². The predicted octanol–water partition coefficient (Wildman–Crippen LogP) is 5.48. The van der Waals surface area contributed by atoms with Gasteiger partial charge in [-0.3, -0.25) is 10.1 Å². The number of ether oxygens (including phenoxy) is 2. The van der Waals surface area contributed by atoms with Crippen LogP contribution in [0.15, 0.2) is 81.0 Å². The van der Waals surface area contributed by atoms with E-state index >= 15 is 0 Å². The molecule has 1 heterocycles. The molecule has 0 unspecified atom stereocenters. The monoisotopic (exact) mass is 435 g/mol. The van der Waals surface area contributed by atoms with E-state index in [-0.39, 0.29) is 5.69 Å². The largest absolute Gasteiger partial charge is 0.493 e. The molecule has 0 atom stereocenters. The van der Waals surface area contributed by atoms with E-state index in [2.05, 4.69) is 10.1 Å². The van der Waals surface area contributed by atoms with Gasteiger partial charge in [0.05, 0.1) is 24.7 Å². The highest BCUT2D eigenvalue weighted by molar-refractivity contribution is 7.99. The number of benzene rings is 3. The lowest BCUT2D eigenvalue weighted by molar-refractivity contribution is -0.384. The summed E-state index contributed by atoms with van der Waals surface area (Å²) >= 11 is 1.46. The number of nitrogens with zero attached hydrogens (tertiary/aromatic N) is 3. The van der Waals surface area contributed by atoms with E-state index in [0.29, 0.717) is 23.2 Å². The molecule has 156 valence electrons. The minimum Gasteiger partial charge on any atom is -0.493 e. The molecule has 0 N–H and O–H groups in total. The van der Waals surface area contributed by atoms with Crippen LogP contribution in [0.1, 0.15) is 0 Å². The Balaban J connectivity index is 1.63. The molecule has 1 aromatic heterocycles. The molecule has 0 aliphatic carbocycles. The van der Waals surface area contributed by atoms with E-state index in [9.17, 15) is 10.1 Å². The van der Waals surface area contributed by atoms with Gasteiger partial charge in [-0.15, -0.1) is 0 Å². The second-order valence-corrected chi connectivity index (χ2v) is 7.46. The first-order valence-corrected chi connectivity index (χ1v) is 9.98. The molecule has 0 saturated carbocycles. The maximum absolute atomic E-state index is 10.9. The lowest BCUT2D eigenvalue weighted by Gasteiger charge is -2.07. The average molecular weight is 435 g/mol. The third-order valence-corrected chi connectivity index (χ3v) is 5.54. The zero-order valence-electron chi connectivity index (χ0n) is 16.6. The third kappa shape index (κ3) is 4.36. The zero-order valence-corrected chi connectivity index (χ0v) is 17.5. The first kappa shape index (κ1) is 20.4. The Bertz CT molecular complexity index is 1220. The maximum atomic E-state index is 10.9. The van der Waals surface area contributed by atoms with Crippen LogP contribution in [0, 0.1) is 10.1 Å². The molecule has 0 saturated heterocycles. The summed E-state index contributed by atoms with van der Waals surface area (Å²) in [4.78, 5) is 16.7. The van der Waals surface area contributed by atoms with Crippen molar-refractivity contribution in [3.05, 3.63) is 76.8 Å². The Morgan fingerprint density at radius 2 is 1.71 bits per heavy atom. The predicted molar refractivity (Wildman–Crippen MR) is 115 cm³/mol. The van der Waals surface area contributed by atoms with Crippen molar-refractivity contribution in [1.82, 2.24) is 10.1 Å². The lowest BCUT2D eigenvalue weighted by atomic mass is 10.2. The molecule has 0 amide bonds. The SMILES string of the molecule is COc1ccc(-c2noc(-c3ccccc3Sc3ccc([N+](=O)[O-])cc3)n2)cc1OC. The first-order chi connectivity index (χ1) is 15.1. The molecule has 0 aliphatic rings. The fourth-order valence-electron chi connectivity index (χ4n) is 2.92. The highest BCUT2D eigenvalue weighted by atomic mass is 32.2. The number of nitro groups is 1. The number of aromatic nitrogens is 2. The molecule has 0 radical (unpaired) electrons. The minimum atomic E-state index is -0.420. The smallest absolute Gasteiger partial charge is 0.269 e. The quantitative estimate of drug-likeness (QED) is 0.278. The average Bonchev–Trinajstić information content (AvgIpc) is 3.29. The summed E-state index contributed by atoms with van der Waals surface area (Å²) < 4.78 is 16.1. The summed E-state index contributed by atoms with van der Waals surface area (Å²) in [6, 6.07) is 19.4. The molecule has 0 bridgehead atoms. The Labute approximate surface area is 182 Å². The van der Waals surface area contributed by atoms with Crippen molar-refractivity contribution >= 4 is 17.4 Å². The van der Waals surface area contributed by atoms with E-state index in [1.54, 1.807) is 38.5 Å². The van der Waals surface area contributed by atoms with E-state index in [4.69, 9.17) is 14.0 Å². The zero-order chi connectivity index (χ0) is 21.8. The van der Waals surface area contributed by atoms with E-state index < -0.39 is 4.92 Å². The second-order valence-electron chi connectivity index (χ2n) is 6.34. The Morgan fingerprint density at radius 1 is 0.968 bits per heavy atom. The fraction of sp³-hybridized carbons (Fsp3) is 0.0909. The highest BCUT2D eigenvalue weighted by Gasteiger charge is 2.16. The van der Waals surface area contributed by atoms with Crippen LogP contribution in [0.4, 0.5) is 5.69 Å². The Kier molecular flexibility index (Phi) is 5.85. The van der Waals surface area contributed by atoms with Crippen LogP contribution in [-0.4, -0.2) is 29.3 Å². The Morgan fingerprint density at radius 3 is 2.42 bits per heavy atom. The molecule has 4 aromatic rings. The maximum Gasteiger partial charge on any atom is 0.269 e. The van der Waals surface area contributed by atoms with Crippen molar-refractivity contribution in [2.24, 2.45) is 0 Å². The van der Waals surface area contributed by atoms with Crippen molar-refractivity contribution in [2.75, 3.05) is 14.2 Å². The van der Waals surface area contributed by atoms with Gasteiger partial charge >= 0.3 is 0 Å². The number of hydrogen-bond acceptors (Lipinski definition) is 8. The highest BCUT2D eigenvalue weighted by Crippen LogP contribution is 2.37. The fourth-order valence-corrected chi connectivity index (χ4v) is 3.86. The van der Waals surface area contributed by atoms with Gasteiger partial charge in [0.25, 0.3) is 11.6 Å².